The molecule has 1 N–H and O–H groups in total. The third-order valence-electron chi connectivity index (χ3n) is 2.20. The molecule has 0 aliphatic heterocycles. The Hall–Kier alpha value is -1.000. The first-order chi connectivity index (χ1) is 8.54. The smallest absolute Gasteiger partial charge is 0.330 e. The highest BCUT2D eigenvalue weighted by atomic mass is 79.9. The Labute approximate surface area is 120 Å². The lowest BCUT2D eigenvalue weighted by atomic mass is 10.2. The molecule has 0 atom stereocenters. The number of rotatable bonds is 5. The second kappa shape index (κ2) is 7.44. The van der Waals surface area contributed by atoms with Crippen molar-refractivity contribution in [1.82, 2.24) is 0 Å². The van der Waals surface area contributed by atoms with Gasteiger partial charge in [-0.25, -0.2) is 4.79 Å². The van der Waals surface area contributed by atoms with E-state index in [1.54, 1.807) is 13.0 Å². The lowest BCUT2D eigenvalue weighted by molar-refractivity contribution is -0.137. The highest BCUT2D eigenvalue weighted by molar-refractivity contribution is 9.10. The molecule has 1 aromatic rings. The maximum atomic E-state index is 11.1. The van der Waals surface area contributed by atoms with E-state index >= 15 is 0 Å². The van der Waals surface area contributed by atoms with Gasteiger partial charge in [-0.05, 0) is 47.5 Å². The zero-order chi connectivity index (χ0) is 13.5. The van der Waals surface area contributed by atoms with Crippen LogP contribution in [0.4, 0.5) is 5.69 Å². The van der Waals surface area contributed by atoms with E-state index in [1.165, 1.54) is 6.08 Å². The van der Waals surface area contributed by atoms with Crippen molar-refractivity contribution in [1.29, 1.82) is 0 Å². The number of halogens is 2. The van der Waals surface area contributed by atoms with Crippen LogP contribution in [0, 0.1) is 6.92 Å². The first-order valence-corrected chi connectivity index (χ1v) is 6.74. The molecular formula is C13H15BrClNO2. The van der Waals surface area contributed by atoms with E-state index in [2.05, 4.69) is 21.2 Å². The number of carbonyl (C=O) groups is 1. The van der Waals surface area contributed by atoms with Gasteiger partial charge in [0.15, 0.2) is 0 Å². The number of aryl methyl sites for hydroxylation is 1. The van der Waals surface area contributed by atoms with Crippen LogP contribution in [0.3, 0.4) is 0 Å². The Bertz CT molecular complexity index is 461. The first kappa shape index (κ1) is 15.1. The average Bonchev–Trinajstić information content (AvgIpc) is 2.31. The third kappa shape index (κ3) is 4.70. The molecule has 0 spiro atoms. The number of carbonyl (C=O) groups excluding carboxylic acids is 1. The summed E-state index contributed by atoms with van der Waals surface area (Å²) in [5, 5.41) is 3.86. The second-order valence-corrected chi connectivity index (χ2v) is 4.88. The minimum Gasteiger partial charge on any atom is -0.463 e. The third-order valence-corrected chi connectivity index (χ3v) is 3.26. The Balaban J connectivity index is 2.54. The summed E-state index contributed by atoms with van der Waals surface area (Å²) in [5.41, 5.74) is 1.90. The maximum absolute atomic E-state index is 11.1. The molecule has 18 heavy (non-hydrogen) atoms. The molecule has 0 fully saturated rings. The monoisotopic (exact) mass is 331 g/mol. The van der Waals surface area contributed by atoms with Crippen molar-refractivity contribution in [2.75, 3.05) is 18.5 Å². The molecule has 0 amide bonds. The minimum absolute atomic E-state index is 0.333. The molecule has 0 aliphatic rings. The molecule has 0 saturated carbocycles. The summed E-state index contributed by atoms with van der Waals surface area (Å²) in [5.74, 6) is -0.333. The van der Waals surface area contributed by atoms with E-state index in [9.17, 15) is 4.79 Å². The van der Waals surface area contributed by atoms with Crippen molar-refractivity contribution in [3.63, 3.8) is 0 Å². The van der Waals surface area contributed by atoms with Gasteiger partial charge >= 0.3 is 5.97 Å². The lowest BCUT2D eigenvalue weighted by Crippen LogP contribution is -2.03. The molecule has 0 saturated heterocycles. The Morgan fingerprint density at radius 2 is 2.28 bits per heavy atom. The maximum Gasteiger partial charge on any atom is 0.330 e. The number of benzene rings is 1. The van der Waals surface area contributed by atoms with Crippen LogP contribution in [-0.2, 0) is 9.53 Å². The number of esters is 1. The van der Waals surface area contributed by atoms with E-state index in [4.69, 9.17) is 16.3 Å². The molecule has 1 rings (SSSR count). The summed E-state index contributed by atoms with van der Waals surface area (Å²) in [4.78, 5) is 11.1. The predicted octanol–water partition coefficient (Wildman–Crippen LogP) is 3.94. The molecule has 0 bridgehead atoms. The molecular weight excluding hydrogens is 318 g/mol. The first-order valence-electron chi connectivity index (χ1n) is 5.57. The van der Waals surface area contributed by atoms with Crippen molar-refractivity contribution < 1.29 is 9.53 Å². The summed E-state index contributed by atoms with van der Waals surface area (Å²) in [7, 11) is 0. The molecule has 0 radical (unpaired) electrons. The van der Waals surface area contributed by atoms with Gasteiger partial charge in [-0.2, -0.15) is 0 Å². The van der Waals surface area contributed by atoms with Crippen LogP contribution >= 0.6 is 27.5 Å². The van der Waals surface area contributed by atoms with Gasteiger partial charge in [0, 0.05) is 22.1 Å². The van der Waals surface area contributed by atoms with Crippen LogP contribution < -0.4 is 5.32 Å². The Morgan fingerprint density at radius 3 is 2.94 bits per heavy atom. The van der Waals surface area contributed by atoms with Gasteiger partial charge in [0.05, 0.1) is 12.3 Å². The molecule has 0 heterocycles. The van der Waals surface area contributed by atoms with Gasteiger partial charge in [0.1, 0.15) is 0 Å². The van der Waals surface area contributed by atoms with Gasteiger partial charge in [-0.3, -0.25) is 0 Å². The second-order valence-electron chi connectivity index (χ2n) is 3.62. The highest BCUT2D eigenvalue weighted by Crippen LogP contribution is 2.28. The fourth-order valence-corrected chi connectivity index (χ4v) is 2.06. The zero-order valence-electron chi connectivity index (χ0n) is 10.3. The molecule has 0 unspecified atom stereocenters. The largest absolute Gasteiger partial charge is 0.463 e. The number of hydrogen-bond acceptors (Lipinski definition) is 3. The molecule has 98 valence electrons. The standard InChI is InChI=1S/C13H15BrClNO2/c1-3-18-13(17)5-4-6-16-12-8-11(15)9(2)7-10(12)14/h4-5,7-8,16H,3,6H2,1-2H3/b5-4+. The van der Waals surface area contributed by atoms with E-state index in [1.807, 2.05) is 19.1 Å². The lowest BCUT2D eigenvalue weighted by Gasteiger charge is -2.08. The number of anilines is 1. The normalized spacial score (nSPS) is 10.7. The van der Waals surface area contributed by atoms with E-state index in [-0.39, 0.29) is 5.97 Å². The van der Waals surface area contributed by atoms with Crippen molar-refractivity contribution in [2.24, 2.45) is 0 Å². The minimum atomic E-state index is -0.333. The van der Waals surface area contributed by atoms with E-state index < -0.39 is 0 Å². The van der Waals surface area contributed by atoms with Crippen molar-refractivity contribution in [3.05, 3.63) is 39.3 Å². The van der Waals surface area contributed by atoms with Crippen LogP contribution in [0.2, 0.25) is 5.02 Å². The number of hydrogen-bond donors (Lipinski definition) is 1. The summed E-state index contributed by atoms with van der Waals surface area (Å²) in [6, 6.07) is 3.79. The van der Waals surface area contributed by atoms with Crippen molar-refractivity contribution in [3.8, 4) is 0 Å². The molecule has 1 aromatic carbocycles. The summed E-state index contributed by atoms with van der Waals surface area (Å²) >= 11 is 9.49. The van der Waals surface area contributed by atoms with Crippen LogP contribution in [-0.4, -0.2) is 19.1 Å². The quantitative estimate of drug-likeness (QED) is 0.655. The van der Waals surface area contributed by atoms with E-state index in [0.29, 0.717) is 18.2 Å². The van der Waals surface area contributed by atoms with Gasteiger partial charge < -0.3 is 10.1 Å². The van der Waals surface area contributed by atoms with E-state index in [0.717, 1.165) is 15.7 Å². The van der Waals surface area contributed by atoms with Gasteiger partial charge in [0.2, 0.25) is 0 Å². The molecule has 3 nitrogen and oxygen atoms in total. The zero-order valence-corrected chi connectivity index (χ0v) is 12.6. The SMILES string of the molecule is CCOC(=O)/C=C/CNc1cc(Cl)c(C)cc1Br. The van der Waals surface area contributed by atoms with Gasteiger partial charge in [-0.1, -0.05) is 17.7 Å². The Morgan fingerprint density at radius 1 is 1.56 bits per heavy atom. The number of nitrogens with one attached hydrogen (secondary N) is 1. The van der Waals surface area contributed by atoms with Gasteiger partial charge in [-0.15, -0.1) is 0 Å². The average molecular weight is 333 g/mol. The van der Waals surface area contributed by atoms with Crippen LogP contribution in [0.5, 0.6) is 0 Å². The topological polar surface area (TPSA) is 38.3 Å². The molecule has 5 heteroatoms. The molecule has 0 aliphatic carbocycles. The van der Waals surface area contributed by atoms with Crippen molar-refractivity contribution >= 4 is 39.2 Å². The van der Waals surface area contributed by atoms with Crippen LogP contribution in [0.15, 0.2) is 28.8 Å². The van der Waals surface area contributed by atoms with Crippen LogP contribution in [0.1, 0.15) is 12.5 Å². The Kier molecular flexibility index (Phi) is 6.22. The van der Waals surface area contributed by atoms with Gasteiger partial charge in [0.25, 0.3) is 0 Å². The molecule has 0 aromatic heterocycles. The van der Waals surface area contributed by atoms with Crippen molar-refractivity contribution in [2.45, 2.75) is 13.8 Å². The fourth-order valence-electron chi connectivity index (χ4n) is 1.30. The summed E-state index contributed by atoms with van der Waals surface area (Å²) in [6.45, 7) is 4.62. The highest BCUT2D eigenvalue weighted by Gasteiger charge is 2.03. The summed E-state index contributed by atoms with van der Waals surface area (Å²) < 4.78 is 5.71. The number of ether oxygens (including phenoxy) is 1. The summed E-state index contributed by atoms with van der Waals surface area (Å²) in [6.07, 6.45) is 3.11. The predicted molar refractivity (Wildman–Crippen MR) is 78.2 cm³/mol. The van der Waals surface area contributed by atoms with Crippen LogP contribution in [0.25, 0.3) is 0 Å². The fraction of sp³-hybridized carbons (Fsp3) is 0.308.